The second-order valence-corrected chi connectivity index (χ2v) is 8.88. The molecule has 3 aromatic rings. The van der Waals surface area contributed by atoms with Crippen LogP contribution in [-0.4, -0.2) is 21.0 Å². The van der Waals surface area contributed by atoms with E-state index in [1.54, 1.807) is 30.3 Å². The van der Waals surface area contributed by atoms with Crippen LogP contribution in [0.15, 0.2) is 87.6 Å². The van der Waals surface area contributed by atoms with E-state index < -0.39 is 15.9 Å². The second kappa shape index (κ2) is 10.6. The van der Waals surface area contributed by atoms with Gasteiger partial charge >= 0.3 is 0 Å². The van der Waals surface area contributed by atoms with Crippen LogP contribution in [0.3, 0.4) is 0 Å². The highest BCUT2D eigenvalue weighted by molar-refractivity contribution is 7.80. The maximum atomic E-state index is 12.2. The first kappa shape index (κ1) is 23.0. The van der Waals surface area contributed by atoms with Crippen molar-refractivity contribution in [2.24, 2.45) is 10.2 Å². The van der Waals surface area contributed by atoms with Crippen LogP contribution in [0.4, 0.5) is 17.1 Å². The first-order chi connectivity index (χ1) is 14.8. The van der Waals surface area contributed by atoms with Gasteiger partial charge in [-0.3, -0.25) is 4.79 Å². The standard InChI is InChI=1S/C20H16Cl3N5O2S/c21-20(22,23)18(25-17(29)16-7-4-12-30-16)26-19(31)24-13-8-10-15(11-9-13)28-27-14-5-2-1-3-6-14/h1-12,18H,(H,25,29)(H2,24,26,31). The van der Waals surface area contributed by atoms with E-state index in [0.717, 1.165) is 5.69 Å². The van der Waals surface area contributed by atoms with Crippen molar-refractivity contribution in [1.82, 2.24) is 10.6 Å². The van der Waals surface area contributed by atoms with Gasteiger partial charge in [0, 0.05) is 5.69 Å². The van der Waals surface area contributed by atoms with Crippen LogP contribution in [0, 0.1) is 0 Å². The quantitative estimate of drug-likeness (QED) is 0.166. The number of halogens is 3. The molecular formula is C20H16Cl3N5O2S. The first-order valence-electron chi connectivity index (χ1n) is 8.87. The summed E-state index contributed by atoms with van der Waals surface area (Å²) in [4.78, 5) is 12.2. The van der Waals surface area contributed by atoms with Crippen LogP contribution in [0.1, 0.15) is 10.6 Å². The Morgan fingerprint density at radius 2 is 1.55 bits per heavy atom. The molecule has 1 amide bonds. The number of alkyl halides is 3. The summed E-state index contributed by atoms with van der Waals surface area (Å²) >= 11 is 23.2. The van der Waals surface area contributed by atoms with Crippen molar-refractivity contribution >= 4 is 75.1 Å². The van der Waals surface area contributed by atoms with Gasteiger partial charge in [0.2, 0.25) is 3.79 Å². The molecule has 0 aliphatic rings. The number of furan rings is 1. The lowest BCUT2D eigenvalue weighted by molar-refractivity contribution is 0.0906. The van der Waals surface area contributed by atoms with Gasteiger partial charge in [0.15, 0.2) is 10.9 Å². The topological polar surface area (TPSA) is 91.0 Å². The van der Waals surface area contributed by atoms with E-state index in [2.05, 4.69) is 26.2 Å². The summed E-state index contributed by atoms with van der Waals surface area (Å²) in [5.41, 5.74) is 2.08. The molecule has 160 valence electrons. The van der Waals surface area contributed by atoms with Gasteiger partial charge in [-0.25, -0.2) is 0 Å². The van der Waals surface area contributed by atoms with Gasteiger partial charge < -0.3 is 20.4 Å². The molecule has 0 saturated heterocycles. The Balaban J connectivity index is 1.59. The monoisotopic (exact) mass is 495 g/mol. The van der Waals surface area contributed by atoms with Crippen molar-refractivity contribution in [3.05, 3.63) is 78.8 Å². The molecule has 1 heterocycles. The average Bonchev–Trinajstić information content (AvgIpc) is 3.28. The van der Waals surface area contributed by atoms with Crippen LogP contribution in [0.25, 0.3) is 0 Å². The summed E-state index contributed by atoms with van der Waals surface area (Å²) < 4.78 is 3.16. The first-order valence-corrected chi connectivity index (χ1v) is 10.4. The highest BCUT2D eigenvalue weighted by atomic mass is 35.6. The third-order valence-electron chi connectivity index (χ3n) is 3.79. The molecule has 2 aromatic carbocycles. The molecule has 0 radical (unpaired) electrons. The van der Waals surface area contributed by atoms with Gasteiger partial charge in [0.1, 0.15) is 6.17 Å². The zero-order valence-electron chi connectivity index (χ0n) is 15.8. The maximum Gasteiger partial charge on any atom is 0.288 e. The number of rotatable bonds is 6. The Hall–Kier alpha value is -2.65. The lowest BCUT2D eigenvalue weighted by Gasteiger charge is -2.27. The SMILES string of the molecule is O=C(NC(NC(=S)Nc1ccc(N=Nc2ccccc2)cc1)C(Cl)(Cl)Cl)c1ccco1. The van der Waals surface area contributed by atoms with E-state index in [1.807, 2.05) is 30.3 Å². The number of anilines is 1. The van der Waals surface area contributed by atoms with Gasteiger partial charge in [-0.2, -0.15) is 10.2 Å². The molecule has 7 nitrogen and oxygen atoms in total. The minimum atomic E-state index is -1.88. The smallest absolute Gasteiger partial charge is 0.288 e. The normalized spacial score (nSPS) is 12.4. The maximum absolute atomic E-state index is 12.2. The molecule has 0 aliphatic carbocycles. The number of nitrogens with one attached hydrogen (secondary N) is 3. The van der Waals surface area contributed by atoms with E-state index >= 15 is 0 Å². The van der Waals surface area contributed by atoms with Gasteiger partial charge in [-0.15, -0.1) is 0 Å². The van der Waals surface area contributed by atoms with Crippen molar-refractivity contribution in [1.29, 1.82) is 0 Å². The molecule has 1 atom stereocenters. The molecule has 31 heavy (non-hydrogen) atoms. The van der Waals surface area contributed by atoms with E-state index in [0.29, 0.717) is 11.4 Å². The summed E-state index contributed by atoms with van der Waals surface area (Å²) in [6.07, 6.45) is 0.246. The second-order valence-electron chi connectivity index (χ2n) is 6.11. The molecule has 0 aliphatic heterocycles. The minimum absolute atomic E-state index is 0.0696. The summed E-state index contributed by atoms with van der Waals surface area (Å²) in [6, 6.07) is 19.5. The summed E-state index contributed by atoms with van der Waals surface area (Å²) in [5, 5.41) is 16.7. The Morgan fingerprint density at radius 1 is 0.903 bits per heavy atom. The summed E-state index contributed by atoms with van der Waals surface area (Å²) in [5.74, 6) is -0.495. The molecular weight excluding hydrogens is 481 g/mol. The van der Waals surface area contributed by atoms with Crippen LogP contribution in [0.5, 0.6) is 0 Å². The number of hydrogen-bond acceptors (Lipinski definition) is 5. The van der Waals surface area contributed by atoms with E-state index in [-0.39, 0.29) is 10.9 Å². The largest absolute Gasteiger partial charge is 0.459 e. The molecule has 11 heteroatoms. The molecule has 3 N–H and O–H groups in total. The van der Waals surface area contributed by atoms with Gasteiger partial charge in [-0.05, 0) is 60.7 Å². The fraction of sp³-hybridized carbons (Fsp3) is 0.100. The molecule has 0 saturated carbocycles. The van der Waals surface area contributed by atoms with Gasteiger partial charge in [-0.1, -0.05) is 53.0 Å². The van der Waals surface area contributed by atoms with Crippen LogP contribution >= 0.6 is 47.0 Å². The van der Waals surface area contributed by atoms with Crippen molar-refractivity contribution < 1.29 is 9.21 Å². The molecule has 1 unspecified atom stereocenters. The molecule has 3 rings (SSSR count). The number of hydrogen-bond donors (Lipinski definition) is 3. The predicted octanol–water partition coefficient (Wildman–Crippen LogP) is 6.11. The summed E-state index contributed by atoms with van der Waals surface area (Å²) in [6.45, 7) is 0. The number of benzene rings is 2. The highest BCUT2D eigenvalue weighted by Gasteiger charge is 2.35. The Kier molecular flexibility index (Phi) is 7.86. The third kappa shape index (κ3) is 7.22. The van der Waals surface area contributed by atoms with Crippen molar-refractivity contribution in [2.75, 3.05) is 5.32 Å². The molecule has 0 fully saturated rings. The van der Waals surface area contributed by atoms with E-state index in [1.165, 1.54) is 12.3 Å². The van der Waals surface area contributed by atoms with E-state index in [9.17, 15) is 4.79 Å². The number of amides is 1. The molecule has 0 spiro atoms. The number of thiocarbonyl (C=S) groups is 1. The van der Waals surface area contributed by atoms with Crippen LogP contribution in [0.2, 0.25) is 0 Å². The fourth-order valence-electron chi connectivity index (χ4n) is 2.33. The molecule has 1 aromatic heterocycles. The lowest BCUT2D eigenvalue weighted by Crippen LogP contribution is -2.56. The van der Waals surface area contributed by atoms with Crippen molar-refractivity contribution in [3.63, 3.8) is 0 Å². The molecule has 0 bridgehead atoms. The van der Waals surface area contributed by atoms with Crippen molar-refractivity contribution in [2.45, 2.75) is 9.96 Å². The minimum Gasteiger partial charge on any atom is -0.459 e. The van der Waals surface area contributed by atoms with Crippen LogP contribution in [-0.2, 0) is 0 Å². The fourth-order valence-corrected chi connectivity index (χ4v) is 2.89. The Labute approximate surface area is 198 Å². The average molecular weight is 497 g/mol. The third-order valence-corrected chi connectivity index (χ3v) is 4.66. The summed E-state index contributed by atoms with van der Waals surface area (Å²) in [7, 11) is 0. The zero-order valence-corrected chi connectivity index (χ0v) is 18.8. The van der Waals surface area contributed by atoms with Crippen LogP contribution < -0.4 is 16.0 Å². The Bertz CT molecular complexity index is 1040. The number of carbonyl (C=O) groups excluding carboxylic acids is 1. The van der Waals surface area contributed by atoms with Gasteiger partial charge in [0.05, 0.1) is 17.6 Å². The number of carbonyl (C=O) groups is 1. The highest BCUT2D eigenvalue weighted by Crippen LogP contribution is 2.29. The van der Waals surface area contributed by atoms with E-state index in [4.69, 9.17) is 51.4 Å². The van der Waals surface area contributed by atoms with Gasteiger partial charge in [0.25, 0.3) is 5.91 Å². The number of azo groups is 1. The van der Waals surface area contributed by atoms with Crippen molar-refractivity contribution in [3.8, 4) is 0 Å². The Morgan fingerprint density at radius 3 is 2.13 bits per heavy atom. The zero-order chi connectivity index (χ0) is 22.3. The number of nitrogens with zero attached hydrogens (tertiary/aromatic N) is 2. The predicted molar refractivity (Wildman–Crippen MR) is 127 cm³/mol. The lowest BCUT2D eigenvalue weighted by atomic mass is 10.3.